The minimum Gasteiger partial charge on any atom is -0.497 e. The summed E-state index contributed by atoms with van der Waals surface area (Å²) >= 11 is 0. The lowest BCUT2D eigenvalue weighted by molar-refractivity contribution is 0.406. The third-order valence-electron chi connectivity index (χ3n) is 4.14. The minimum absolute atomic E-state index is 0.298. The largest absolute Gasteiger partial charge is 0.497 e. The van der Waals surface area contributed by atoms with Crippen LogP contribution in [0.1, 0.15) is 30.9 Å². The summed E-state index contributed by atoms with van der Waals surface area (Å²) in [5.74, 6) is 2.87. The topological polar surface area (TPSA) is 54.9 Å². The van der Waals surface area contributed by atoms with Crippen molar-refractivity contribution in [2.24, 2.45) is 4.99 Å². The maximum absolute atomic E-state index is 5.46. The second kappa shape index (κ2) is 10.3. The number of aliphatic imine (C=N–C) groups is 1. The van der Waals surface area contributed by atoms with E-state index in [0.29, 0.717) is 12.5 Å². The maximum Gasteiger partial charge on any atom is 0.191 e. The van der Waals surface area contributed by atoms with E-state index < -0.39 is 0 Å². The van der Waals surface area contributed by atoms with Gasteiger partial charge in [-0.05, 0) is 36.2 Å². The van der Waals surface area contributed by atoms with Crippen LogP contribution in [0.4, 0.5) is 0 Å². The number of nitrogens with one attached hydrogen (secondary N) is 2. The Hall–Kier alpha value is -2.69. The monoisotopic (exact) mass is 355 g/mol. The molecule has 1 atom stereocenters. The first kappa shape index (κ1) is 19.6. The Kier molecular flexibility index (Phi) is 7.80. The van der Waals surface area contributed by atoms with E-state index in [1.165, 1.54) is 5.56 Å². The van der Waals surface area contributed by atoms with Crippen LogP contribution in [-0.2, 0) is 6.54 Å². The zero-order valence-corrected chi connectivity index (χ0v) is 16.1. The molecule has 26 heavy (non-hydrogen) atoms. The zero-order valence-electron chi connectivity index (χ0n) is 16.1. The SMILES string of the molecule is CCNC(=NCc1cccc(OC)c1)NCC(C)c1ccccc1OC. The smallest absolute Gasteiger partial charge is 0.191 e. The van der Waals surface area contributed by atoms with Crippen molar-refractivity contribution in [2.45, 2.75) is 26.3 Å². The highest BCUT2D eigenvalue weighted by molar-refractivity contribution is 5.79. The molecule has 0 saturated heterocycles. The number of nitrogens with zero attached hydrogens (tertiary/aromatic N) is 1. The van der Waals surface area contributed by atoms with Crippen molar-refractivity contribution in [3.05, 3.63) is 59.7 Å². The van der Waals surface area contributed by atoms with E-state index in [9.17, 15) is 0 Å². The molecule has 0 aliphatic rings. The fraction of sp³-hybridized carbons (Fsp3) is 0.381. The van der Waals surface area contributed by atoms with Gasteiger partial charge in [-0.15, -0.1) is 0 Å². The van der Waals surface area contributed by atoms with Crippen LogP contribution in [0.5, 0.6) is 11.5 Å². The van der Waals surface area contributed by atoms with E-state index in [1.54, 1.807) is 14.2 Å². The van der Waals surface area contributed by atoms with Crippen LogP contribution in [0.15, 0.2) is 53.5 Å². The van der Waals surface area contributed by atoms with Gasteiger partial charge in [-0.25, -0.2) is 4.99 Å². The number of methoxy groups -OCH3 is 2. The molecule has 0 bridgehead atoms. The number of para-hydroxylation sites is 1. The molecule has 140 valence electrons. The first-order valence-corrected chi connectivity index (χ1v) is 8.96. The maximum atomic E-state index is 5.46. The van der Waals surface area contributed by atoms with E-state index in [0.717, 1.165) is 36.1 Å². The molecule has 0 aromatic heterocycles. The molecular formula is C21H29N3O2. The zero-order chi connectivity index (χ0) is 18.8. The minimum atomic E-state index is 0.298. The van der Waals surface area contributed by atoms with Gasteiger partial charge in [-0.2, -0.15) is 0 Å². The molecule has 5 heteroatoms. The lowest BCUT2D eigenvalue weighted by Crippen LogP contribution is -2.39. The molecule has 2 aromatic rings. The molecule has 2 rings (SSSR count). The normalized spacial score (nSPS) is 12.4. The predicted molar refractivity (Wildman–Crippen MR) is 107 cm³/mol. The van der Waals surface area contributed by atoms with Crippen LogP contribution in [0.3, 0.4) is 0 Å². The lowest BCUT2D eigenvalue weighted by Gasteiger charge is -2.18. The quantitative estimate of drug-likeness (QED) is 0.561. The predicted octanol–water partition coefficient (Wildman–Crippen LogP) is 3.56. The molecule has 0 aliphatic carbocycles. The van der Waals surface area contributed by atoms with Gasteiger partial charge < -0.3 is 20.1 Å². The van der Waals surface area contributed by atoms with Gasteiger partial charge in [0.15, 0.2) is 5.96 Å². The number of rotatable bonds is 8. The molecule has 5 nitrogen and oxygen atoms in total. The third kappa shape index (κ3) is 5.69. The van der Waals surface area contributed by atoms with Gasteiger partial charge in [0.05, 0.1) is 20.8 Å². The Morgan fingerprint density at radius 1 is 1.04 bits per heavy atom. The molecule has 0 heterocycles. The molecule has 1 unspecified atom stereocenters. The Balaban J connectivity index is 2.00. The first-order valence-electron chi connectivity index (χ1n) is 8.96. The van der Waals surface area contributed by atoms with Crippen LogP contribution in [0.2, 0.25) is 0 Å². The Bertz CT molecular complexity index is 716. The fourth-order valence-electron chi connectivity index (χ4n) is 2.72. The van der Waals surface area contributed by atoms with Gasteiger partial charge >= 0.3 is 0 Å². The van der Waals surface area contributed by atoms with E-state index in [-0.39, 0.29) is 0 Å². The van der Waals surface area contributed by atoms with Gasteiger partial charge in [-0.1, -0.05) is 37.3 Å². The molecule has 0 amide bonds. The van der Waals surface area contributed by atoms with Gasteiger partial charge in [-0.3, -0.25) is 0 Å². The summed E-state index contributed by atoms with van der Waals surface area (Å²) in [5, 5.41) is 6.71. The average molecular weight is 355 g/mol. The Labute approximate surface area is 156 Å². The van der Waals surface area contributed by atoms with Gasteiger partial charge in [0.2, 0.25) is 0 Å². The fourth-order valence-corrected chi connectivity index (χ4v) is 2.72. The molecule has 2 N–H and O–H groups in total. The summed E-state index contributed by atoms with van der Waals surface area (Å²) in [6, 6.07) is 16.1. The second-order valence-corrected chi connectivity index (χ2v) is 6.07. The highest BCUT2D eigenvalue weighted by Crippen LogP contribution is 2.25. The highest BCUT2D eigenvalue weighted by Gasteiger charge is 2.11. The van der Waals surface area contributed by atoms with E-state index >= 15 is 0 Å². The number of hydrogen-bond acceptors (Lipinski definition) is 3. The van der Waals surface area contributed by atoms with Crippen LogP contribution >= 0.6 is 0 Å². The second-order valence-electron chi connectivity index (χ2n) is 6.07. The molecule has 0 saturated carbocycles. The standard InChI is InChI=1S/C21H29N3O2/c1-5-22-21(24-15-17-9-8-10-18(13-17)25-3)23-14-16(2)19-11-6-7-12-20(19)26-4/h6-13,16H,5,14-15H2,1-4H3,(H2,22,23,24). The van der Waals surface area contributed by atoms with E-state index in [1.807, 2.05) is 42.5 Å². The van der Waals surface area contributed by atoms with Crippen LogP contribution in [0, 0.1) is 0 Å². The number of guanidine groups is 1. The number of hydrogen-bond donors (Lipinski definition) is 2. The average Bonchev–Trinajstić information content (AvgIpc) is 2.69. The van der Waals surface area contributed by atoms with E-state index in [4.69, 9.17) is 9.47 Å². The number of benzene rings is 2. The van der Waals surface area contributed by atoms with Crippen LogP contribution in [0.25, 0.3) is 0 Å². The van der Waals surface area contributed by atoms with Gasteiger partial charge in [0.1, 0.15) is 11.5 Å². The van der Waals surface area contributed by atoms with Gasteiger partial charge in [0, 0.05) is 19.0 Å². The van der Waals surface area contributed by atoms with Crippen LogP contribution in [-0.4, -0.2) is 33.3 Å². The van der Waals surface area contributed by atoms with Crippen molar-refractivity contribution in [3.8, 4) is 11.5 Å². The summed E-state index contributed by atoms with van der Waals surface area (Å²) in [4.78, 5) is 4.67. The Morgan fingerprint density at radius 3 is 2.58 bits per heavy atom. The summed E-state index contributed by atoms with van der Waals surface area (Å²) in [6.07, 6.45) is 0. The summed E-state index contributed by atoms with van der Waals surface area (Å²) in [5.41, 5.74) is 2.30. The summed E-state index contributed by atoms with van der Waals surface area (Å²) in [7, 11) is 3.38. The molecule has 0 aliphatic heterocycles. The molecule has 0 spiro atoms. The molecular weight excluding hydrogens is 326 g/mol. The van der Waals surface area contributed by atoms with Crippen molar-refractivity contribution in [1.82, 2.24) is 10.6 Å². The van der Waals surface area contributed by atoms with Crippen molar-refractivity contribution < 1.29 is 9.47 Å². The van der Waals surface area contributed by atoms with E-state index in [2.05, 4.69) is 35.5 Å². The first-order chi connectivity index (χ1) is 12.7. The molecule has 0 fully saturated rings. The molecule has 2 aromatic carbocycles. The highest BCUT2D eigenvalue weighted by atomic mass is 16.5. The number of ether oxygens (including phenoxy) is 2. The Morgan fingerprint density at radius 2 is 1.85 bits per heavy atom. The van der Waals surface area contributed by atoms with Crippen LogP contribution < -0.4 is 20.1 Å². The molecule has 0 radical (unpaired) electrons. The van der Waals surface area contributed by atoms with Crippen molar-refractivity contribution in [1.29, 1.82) is 0 Å². The lowest BCUT2D eigenvalue weighted by atomic mass is 10.0. The summed E-state index contributed by atoms with van der Waals surface area (Å²) in [6.45, 7) is 6.41. The van der Waals surface area contributed by atoms with Gasteiger partial charge in [0.25, 0.3) is 0 Å². The summed E-state index contributed by atoms with van der Waals surface area (Å²) < 4.78 is 10.7. The van der Waals surface area contributed by atoms with Crippen molar-refractivity contribution in [3.63, 3.8) is 0 Å². The van der Waals surface area contributed by atoms with Crippen molar-refractivity contribution in [2.75, 3.05) is 27.3 Å². The third-order valence-corrected chi connectivity index (χ3v) is 4.14. The van der Waals surface area contributed by atoms with Crippen molar-refractivity contribution >= 4 is 5.96 Å².